The number of rotatable bonds is 4. The van der Waals surface area contributed by atoms with Crippen molar-refractivity contribution >= 4 is 55.9 Å². The molecule has 4 rings (SSSR count). The summed E-state index contributed by atoms with van der Waals surface area (Å²) in [4.78, 5) is 8.82. The minimum atomic E-state index is -2.62. The topological polar surface area (TPSA) is 30.7 Å². The third-order valence-corrected chi connectivity index (χ3v) is 5.93. The Balaban J connectivity index is 1.65. The molecule has 122 valence electrons. The standard InChI is InChI=1S/C16H10ClF2N3S2/c17-9-5-6-13-11(7-9)21-16(24-13)23-8-14-20-10-3-1-2-4-12(10)22(14)15(18)19/h1-7,15H,8H2. The smallest absolute Gasteiger partial charge is 0.269 e. The molecule has 0 saturated carbocycles. The second-order valence-electron chi connectivity index (χ2n) is 5.04. The Morgan fingerprint density at radius 2 is 1.96 bits per heavy atom. The van der Waals surface area contributed by atoms with Gasteiger partial charge in [0.25, 0.3) is 0 Å². The van der Waals surface area contributed by atoms with Crippen LogP contribution >= 0.6 is 34.7 Å². The normalized spacial score (nSPS) is 11.8. The lowest BCUT2D eigenvalue weighted by atomic mass is 10.3. The Morgan fingerprint density at radius 3 is 2.79 bits per heavy atom. The third-order valence-electron chi connectivity index (χ3n) is 3.52. The highest BCUT2D eigenvalue weighted by Crippen LogP contribution is 2.34. The van der Waals surface area contributed by atoms with Gasteiger partial charge >= 0.3 is 6.55 Å². The monoisotopic (exact) mass is 381 g/mol. The first-order chi connectivity index (χ1) is 11.6. The number of hydrogen-bond acceptors (Lipinski definition) is 4. The highest BCUT2D eigenvalue weighted by atomic mass is 35.5. The molecule has 2 aromatic carbocycles. The highest BCUT2D eigenvalue weighted by molar-refractivity contribution is 8.00. The Kier molecular flexibility index (Phi) is 4.15. The fraction of sp³-hybridized carbons (Fsp3) is 0.125. The summed E-state index contributed by atoms with van der Waals surface area (Å²) in [7, 11) is 0. The maximum Gasteiger partial charge on any atom is 0.320 e. The van der Waals surface area contributed by atoms with E-state index in [2.05, 4.69) is 9.97 Å². The number of benzene rings is 2. The zero-order valence-electron chi connectivity index (χ0n) is 12.1. The van der Waals surface area contributed by atoms with Gasteiger partial charge in [0.1, 0.15) is 5.82 Å². The summed E-state index contributed by atoms with van der Waals surface area (Å²) in [5.41, 5.74) is 1.83. The first kappa shape index (κ1) is 15.8. The van der Waals surface area contributed by atoms with Crippen LogP contribution < -0.4 is 0 Å². The van der Waals surface area contributed by atoms with Crippen LogP contribution in [0.25, 0.3) is 21.3 Å². The van der Waals surface area contributed by atoms with E-state index in [1.807, 2.05) is 12.1 Å². The zero-order valence-corrected chi connectivity index (χ0v) is 14.5. The van der Waals surface area contributed by atoms with Gasteiger partial charge in [0.05, 0.1) is 27.0 Å². The molecule has 2 aromatic heterocycles. The lowest BCUT2D eigenvalue weighted by molar-refractivity contribution is 0.0722. The number of hydrogen-bond donors (Lipinski definition) is 0. The number of imidazole rings is 1. The Bertz CT molecular complexity index is 1030. The lowest BCUT2D eigenvalue weighted by Crippen LogP contribution is -2.03. The van der Waals surface area contributed by atoms with E-state index >= 15 is 0 Å². The van der Waals surface area contributed by atoms with Gasteiger partial charge in [-0.25, -0.2) is 9.97 Å². The van der Waals surface area contributed by atoms with E-state index in [1.165, 1.54) is 23.1 Å². The van der Waals surface area contributed by atoms with Crippen molar-refractivity contribution < 1.29 is 8.78 Å². The minimum absolute atomic E-state index is 0.326. The molecule has 0 bridgehead atoms. The molecular formula is C16H10ClF2N3S2. The molecule has 4 aromatic rings. The highest BCUT2D eigenvalue weighted by Gasteiger charge is 2.18. The van der Waals surface area contributed by atoms with Crippen LogP contribution in [0.4, 0.5) is 8.78 Å². The first-order valence-corrected chi connectivity index (χ1v) is 9.23. The number of alkyl halides is 2. The fourth-order valence-corrected chi connectivity index (χ4v) is 4.63. The second-order valence-corrected chi connectivity index (χ2v) is 7.73. The average molecular weight is 382 g/mol. The van der Waals surface area contributed by atoms with Crippen LogP contribution in [-0.4, -0.2) is 14.5 Å². The van der Waals surface area contributed by atoms with Crippen LogP contribution in [0, 0.1) is 0 Å². The number of para-hydroxylation sites is 2. The van der Waals surface area contributed by atoms with Gasteiger partial charge in [-0.05, 0) is 30.3 Å². The molecule has 24 heavy (non-hydrogen) atoms. The predicted molar refractivity (Wildman–Crippen MR) is 95.2 cm³/mol. The molecule has 0 amide bonds. The van der Waals surface area contributed by atoms with E-state index in [4.69, 9.17) is 11.6 Å². The third kappa shape index (κ3) is 2.87. The molecule has 0 radical (unpaired) electrons. The number of nitrogens with zero attached hydrogens (tertiary/aromatic N) is 3. The fourth-order valence-electron chi connectivity index (χ4n) is 2.48. The Hall–Kier alpha value is -1.70. The van der Waals surface area contributed by atoms with Gasteiger partial charge in [0, 0.05) is 5.02 Å². The van der Waals surface area contributed by atoms with Gasteiger partial charge in [0.15, 0.2) is 4.34 Å². The molecule has 0 aliphatic rings. The number of halogens is 3. The zero-order chi connectivity index (χ0) is 16.7. The van der Waals surface area contributed by atoms with E-state index in [1.54, 1.807) is 30.3 Å². The summed E-state index contributed by atoms with van der Waals surface area (Å²) >= 11 is 8.88. The van der Waals surface area contributed by atoms with Crippen LogP contribution in [-0.2, 0) is 5.75 Å². The molecule has 3 nitrogen and oxygen atoms in total. The van der Waals surface area contributed by atoms with Gasteiger partial charge < -0.3 is 0 Å². The van der Waals surface area contributed by atoms with Gasteiger partial charge in [-0.3, -0.25) is 4.57 Å². The molecule has 0 atom stereocenters. The van der Waals surface area contributed by atoms with Crippen molar-refractivity contribution in [3.05, 3.63) is 53.3 Å². The minimum Gasteiger partial charge on any atom is -0.269 e. The Labute approximate surface area is 149 Å². The van der Waals surface area contributed by atoms with Crippen molar-refractivity contribution in [3.63, 3.8) is 0 Å². The van der Waals surface area contributed by atoms with E-state index in [-0.39, 0.29) is 0 Å². The van der Waals surface area contributed by atoms with Crippen LogP contribution in [0.5, 0.6) is 0 Å². The molecular weight excluding hydrogens is 372 g/mol. The van der Waals surface area contributed by atoms with Gasteiger partial charge in [-0.1, -0.05) is 35.5 Å². The molecule has 0 spiro atoms. The first-order valence-electron chi connectivity index (χ1n) is 7.05. The summed E-state index contributed by atoms with van der Waals surface area (Å²) in [5.74, 6) is 0.667. The maximum absolute atomic E-state index is 13.4. The molecule has 0 fully saturated rings. The van der Waals surface area contributed by atoms with E-state index < -0.39 is 6.55 Å². The molecule has 0 unspecified atom stereocenters. The van der Waals surface area contributed by atoms with Crippen molar-refractivity contribution in [3.8, 4) is 0 Å². The summed E-state index contributed by atoms with van der Waals surface area (Å²) in [5, 5.41) is 0.629. The van der Waals surface area contributed by atoms with Crippen molar-refractivity contribution in [1.29, 1.82) is 0 Å². The van der Waals surface area contributed by atoms with Crippen molar-refractivity contribution in [2.45, 2.75) is 16.6 Å². The average Bonchev–Trinajstić information content (AvgIpc) is 3.12. The largest absolute Gasteiger partial charge is 0.320 e. The molecule has 0 aliphatic carbocycles. The Morgan fingerprint density at radius 1 is 1.12 bits per heavy atom. The second kappa shape index (κ2) is 6.31. The number of aromatic nitrogens is 3. The van der Waals surface area contributed by atoms with E-state index in [0.29, 0.717) is 27.6 Å². The van der Waals surface area contributed by atoms with Gasteiger partial charge in [-0.2, -0.15) is 8.78 Å². The van der Waals surface area contributed by atoms with Crippen LogP contribution in [0.15, 0.2) is 46.8 Å². The number of fused-ring (bicyclic) bond motifs is 2. The van der Waals surface area contributed by atoms with Crippen LogP contribution in [0.2, 0.25) is 5.02 Å². The predicted octanol–water partition coefficient (Wildman–Crippen LogP) is 5.99. The number of thiazole rings is 1. The molecule has 0 N–H and O–H groups in total. The van der Waals surface area contributed by atoms with Crippen LogP contribution in [0.3, 0.4) is 0 Å². The molecule has 8 heteroatoms. The summed E-state index contributed by atoms with van der Waals surface area (Å²) in [6, 6.07) is 12.4. The molecule has 2 heterocycles. The van der Waals surface area contributed by atoms with E-state index in [9.17, 15) is 8.78 Å². The summed E-state index contributed by atoms with van der Waals surface area (Å²) < 4.78 is 29.6. The number of thioether (sulfide) groups is 1. The molecule has 0 aliphatic heterocycles. The van der Waals surface area contributed by atoms with Crippen molar-refractivity contribution in [2.24, 2.45) is 0 Å². The summed E-state index contributed by atoms with van der Waals surface area (Å²) in [6.07, 6.45) is 0. The van der Waals surface area contributed by atoms with Crippen molar-refractivity contribution in [2.75, 3.05) is 0 Å². The van der Waals surface area contributed by atoms with Crippen molar-refractivity contribution in [1.82, 2.24) is 14.5 Å². The van der Waals surface area contributed by atoms with E-state index in [0.717, 1.165) is 19.1 Å². The molecule has 0 saturated heterocycles. The summed E-state index contributed by atoms with van der Waals surface area (Å²) in [6.45, 7) is -2.62. The maximum atomic E-state index is 13.4. The van der Waals surface area contributed by atoms with Crippen LogP contribution in [0.1, 0.15) is 12.4 Å². The van der Waals surface area contributed by atoms with Gasteiger partial charge in [-0.15, -0.1) is 11.3 Å². The lowest BCUT2D eigenvalue weighted by Gasteiger charge is -2.06. The quantitative estimate of drug-likeness (QED) is 0.407. The van der Waals surface area contributed by atoms with Gasteiger partial charge in [0.2, 0.25) is 0 Å². The SMILES string of the molecule is FC(F)n1c(CSc2nc3cc(Cl)ccc3s2)nc2ccccc21.